The van der Waals surface area contributed by atoms with E-state index in [-0.39, 0.29) is 77.0 Å². The molecule has 56 heavy (non-hydrogen) atoms. The molecule has 2 rings (SSSR count). The van der Waals surface area contributed by atoms with Gasteiger partial charge in [-0.05, 0) is 24.0 Å². The molecule has 4 amide bonds. The van der Waals surface area contributed by atoms with E-state index in [9.17, 15) is 28.8 Å². The number of hydrogen-bond acceptors (Lipinski definition) is 14. The van der Waals surface area contributed by atoms with Gasteiger partial charge in [0.05, 0.1) is 67.1 Å². The smallest absolute Gasteiger partial charge is 0.408 e. The summed E-state index contributed by atoms with van der Waals surface area (Å²) < 4.78 is 41.5. The van der Waals surface area contributed by atoms with Crippen molar-refractivity contribution in [2.75, 3.05) is 80.2 Å². The van der Waals surface area contributed by atoms with Crippen LogP contribution in [0.4, 0.5) is 9.59 Å². The quantitative estimate of drug-likeness (QED) is 0.0524. The van der Waals surface area contributed by atoms with Crippen LogP contribution in [-0.2, 0) is 70.3 Å². The van der Waals surface area contributed by atoms with Gasteiger partial charge in [-0.1, -0.05) is 60.7 Å². The van der Waals surface area contributed by atoms with Crippen molar-refractivity contribution >= 4 is 35.9 Å². The van der Waals surface area contributed by atoms with Gasteiger partial charge in [-0.15, -0.1) is 0 Å². The number of methoxy groups -OCH3 is 2. The standard InChI is InChI=1S/C38H54N4O14/c1-49-35(45)31(41-37(47)55-27-29-9-5-3-6-10-29)13-15-33(43)39-17-19-51-21-23-53-25-26-54-24-22-52-20-18-40-34(44)16-14-32(36(46)50-2)42-38(48)56-28-30-11-7-4-8-12-30/h3-12,31-32H,13-28H2,1-2H3,(H,39,43)(H,40,44)(H,41,47)(H,42,48)/t31-,32-/m0/s1. The van der Waals surface area contributed by atoms with Gasteiger partial charge in [-0.3, -0.25) is 9.59 Å². The third kappa shape index (κ3) is 22.8. The molecule has 0 unspecified atom stereocenters. The highest BCUT2D eigenvalue weighted by atomic mass is 16.6. The maximum atomic E-state index is 12.2. The van der Waals surface area contributed by atoms with Gasteiger partial charge in [-0.2, -0.15) is 0 Å². The van der Waals surface area contributed by atoms with Crippen molar-refractivity contribution in [2.24, 2.45) is 0 Å². The summed E-state index contributed by atoms with van der Waals surface area (Å²) in [5, 5.41) is 10.2. The van der Waals surface area contributed by atoms with Gasteiger partial charge in [0.25, 0.3) is 0 Å². The van der Waals surface area contributed by atoms with E-state index in [2.05, 4.69) is 21.3 Å². The van der Waals surface area contributed by atoms with Gasteiger partial charge in [0.2, 0.25) is 11.8 Å². The van der Waals surface area contributed by atoms with E-state index in [0.29, 0.717) is 39.6 Å². The monoisotopic (exact) mass is 790 g/mol. The van der Waals surface area contributed by atoms with Gasteiger partial charge in [0.15, 0.2) is 0 Å². The number of ether oxygens (including phenoxy) is 8. The van der Waals surface area contributed by atoms with Crippen molar-refractivity contribution in [3.8, 4) is 0 Å². The van der Waals surface area contributed by atoms with Crippen molar-refractivity contribution in [3.05, 3.63) is 71.8 Å². The van der Waals surface area contributed by atoms with Gasteiger partial charge in [0, 0.05) is 25.9 Å². The summed E-state index contributed by atoms with van der Waals surface area (Å²) in [6.07, 6.45) is -1.59. The fraction of sp³-hybridized carbons (Fsp3) is 0.526. The van der Waals surface area contributed by atoms with Gasteiger partial charge < -0.3 is 59.2 Å². The Balaban J connectivity index is 1.40. The lowest BCUT2D eigenvalue weighted by Gasteiger charge is -2.16. The predicted molar refractivity (Wildman–Crippen MR) is 199 cm³/mol. The van der Waals surface area contributed by atoms with E-state index in [4.69, 9.17) is 37.9 Å². The lowest BCUT2D eigenvalue weighted by Crippen LogP contribution is -2.42. The minimum Gasteiger partial charge on any atom is -0.467 e. The van der Waals surface area contributed by atoms with Crippen LogP contribution in [-0.4, -0.2) is 128 Å². The largest absolute Gasteiger partial charge is 0.467 e. The van der Waals surface area contributed by atoms with Crippen LogP contribution in [0.3, 0.4) is 0 Å². The topological polar surface area (TPSA) is 224 Å². The summed E-state index contributed by atoms with van der Waals surface area (Å²) in [7, 11) is 2.39. The summed E-state index contributed by atoms with van der Waals surface area (Å²) in [5.41, 5.74) is 1.58. The molecule has 0 saturated carbocycles. The Morgan fingerprint density at radius 1 is 0.500 bits per heavy atom. The highest BCUT2D eigenvalue weighted by Crippen LogP contribution is 2.06. The number of nitrogens with one attached hydrogen (secondary N) is 4. The first kappa shape index (κ1) is 46.9. The van der Waals surface area contributed by atoms with Gasteiger partial charge in [0.1, 0.15) is 25.3 Å². The molecule has 0 radical (unpaired) electrons. The molecule has 310 valence electrons. The average molecular weight is 791 g/mol. The van der Waals surface area contributed by atoms with E-state index < -0.39 is 36.2 Å². The Kier molecular flexibility index (Phi) is 25.1. The first-order valence-corrected chi connectivity index (χ1v) is 18.2. The molecule has 18 nitrogen and oxygen atoms in total. The second kappa shape index (κ2) is 30.0. The number of esters is 2. The summed E-state index contributed by atoms with van der Waals surface area (Å²) in [6.45, 7) is 3.05. The molecule has 0 aromatic heterocycles. The fourth-order valence-electron chi connectivity index (χ4n) is 4.61. The first-order valence-electron chi connectivity index (χ1n) is 18.2. The average Bonchev–Trinajstić information content (AvgIpc) is 3.22. The molecule has 4 N–H and O–H groups in total. The Hall–Kier alpha value is -5.30. The molecule has 0 aliphatic carbocycles. The van der Waals surface area contributed by atoms with Crippen LogP contribution < -0.4 is 21.3 Å². The molecule has 0 heterocycles. The lowest BCUT2D eigenvalue weighted by molar-refractivity contribution is -0.144. The van der Waals surface area contributed by atoms with Crippen LogP contribution in [0.1, 0.15) is 36.8 Å². The molecule has 2 aromatic carbocycles. The van der Waals surface area contributed by atoms with Gasteiger partial charge >= 0.3 is 24.1 Å². The zero-order valence-corrected chi connectivity index (χ0v) is 32.0. The third-order valence-corrected chi connectivity index (χ3v) is 7.55. The summed E-state index contributed by atoms with van der Waals surface area (Å²) >= 11 is 0. The van der Waals surface area contributed by atoms with E-state index >= 15 is 0 Å². The maximum absolute atomic E-state index is 12.2. The van der Waals surface area contributed by atoms with Crippen molar-refractivity contribution < 1.29 is 66.7 Å². The van der Waals surface area contributed by atoms with E-state index in [0.717, 1.165) is 11.1 Å². The number of alkyl carbamates (subject to hydrolysis) is 2. The van der Waals surface area contributed by atoms with Crippen molar-refractivity contribution in [2.45, 2.75) is 51.0 Å². The molecule has 0 aliphatic heterocycles. The van der Waals surface area contributed by atoms with E-state index in [1.165, 1.54) is 14.2 Å². The van der Waals surface area contributed by atoms with Crippen LogP contribution in [0.15, 0.2) is 60.7 Å². The molecule has 0 saturated heterocycles. The van der Waals surface area contributed by atoms with Gasteiger partial charge in [-0.25, -0.2) is 19.2 Å². The number of amides is 4. The predicted octanol–water partition coefficient (Wildman–Crippen LogP) is 1.78. The number of carbonyl (C=O) groups is 6. The molecule has 0 aliphatic rings. The van der Waals surface area contributed by atoms with E-state index in [1.54, 1.807) is 24.3 Å². The molecule has 18 heteroatoms. The molecule has 0 spiro atoms. The van der Waals surface area contributed by atoms with Crippen molar-refractivity contribution in [1.29, 1.82) is 0 Å². The highest BCUT2D eigenvalue weighted by Gasteiger charge is 2.24. The zero-order chi connectivity index (χ0) is 40.6. The second-order valence-corrected chi connectivity index (χ2v) is 11.8. The Morgan fingerprint density at radius 3 is 1.18 bits per heavy atom. The van der Waals surface area contributed by atoms with Crippen LogP contribution in [0.2, 0.25) is 0 Å². The molecule has 2 aromatic rings. The maximum Gasteiger partial charge on any atom is 0.408 e. The lowest BCUT2D eigenvalue weighted by atomic mass is 10.1. The molecule has 0 fully saturated rings. The Morgan fingerprint density at radius 2 is 0.839 bits per heavy atom. The zero-order valence-electron chi connectivity index (χ0n) is 32.0. The third-order valence-electron chi connectivity index (χ3n) is 7.55. The second-order valence-electron chi connectivity index (χ2n) is 11.8. The normalized spacial score (nSPS) is 11.7. The Bertz CT molecular complexity index is 1330. The molecular weight excluding hydrogens is 736 g/mol. The minimum atomic E-state index is -1.04. The van der Waals surface area contributed by atoms with Crippen LogP contribution in [0.25, 0.3) is 0 Å². The van der Waals surface area contributed by atoms with Crippen LogP contribution in [0, 0.1) is 0 Å². The molecule has 0 bridgehead atoms. The first-order chi connectivity index (χ1) is 27.2. The molecule has 2 atom stereocenters. The fourth-order valence-corrected chi connectivity index (χ4v) is 4.61. The summed E-state index contributed by atoms with van der Waals surface area (Å²) in [4.78, 5) is 72.8. The number of benzene rings is 2. The summed E-state index contributed by atoms with van der Waals surface area (Å²) in [5.74, 6) is -2.01. The number of rotatable bonds is 29. The van der Waals surface area contributed by atoms with E-state index in [1.807, 2.05) is 36.4 Å². The minimum absolute atomic E-state index is 0.0268. The van der Waals surface area contributed by atoms with Crippen molar-refractivity contribution in [3.63, 3.8) is 0 Å². The van der Waals surface area contributed by atoms with Crippen LogP contribution in [0.5, 0.6) is 0 Å². The SMILES string of the molecule is COC(=O)[C@H](CCC(=O)NCCOCCOCCOCCOCCNC(=O)CC[C@H](NC(=O)OCc1ccccc1)C(=O)OC)NC(=O)OCc1ccccc1. The highest BCUT2D eigenvalue weighted by molar-refractivity contribution is 5.83. The number of carbonyl (C=O) groups excluding carboxylic acids is 6. The molecular formula is C38H54N4O14. The summed E-state index contributed by atoms with van der Waals surface area (Å²) in [6, 6.07) is 16.0. The van der Waals surface area contributed by atoms with Crippen molar-refractivity contribution in [1.82, 2.24) is 21.3 Å². The Labute approximate surface area is 326 Å². The number of hydrogen-bond donors (Lipinski definition) is 4. The van der Waals surface area contributed by atoms with Crippen LogP contribution >= 0.6 is 0 Å².